The predicted octanol–water partition coefficient (Wildman–Crippen LogP) is 20.9. The monoisotopic (exact) mass is 1010 g/mol. The molecule has 1 unspecified atom stereocenters. The summed E-state index contributed by atoms with van der Waals surface area (Å²) < 4.78 is 16.8. The third-order valence-electron chi connectivity index (χ3n) is 13.1. The first-order valence-electron chi connectivity index (χ1n) is 30.7. The molecule has 6 nitrogen and oxygen atoms in total. The van der Waals surface area contributed by atoms with Crippen LogP contribution in [-0.2, 0) is 28.6 Å². The van der Waals surface area contributed by atoms with E-state index in [1.54, 1.807) is 0 Å². The van der Waals surface area contributed by atoms with Crippen molar-refractivity contribution in [3.8, 4) is 0 Å². The van der Waals surface area contributed by atoms with Gasteiger partial charge in [-0.2, -0.15) is 0 Å². The van der Waals surface area contributed by atoms with E-state index in [9.17, 15) is 14.4 Å². The van der Waals surface area contributed by atoms with E-state index in [4.69, 9.17) is 14.2 Å². The molecule has 0 amide bonds. The van der Waals surface area contributed by atoms with E-state index in [1.807, 2.05) is 0 Å². The summed E-state index contributed by atoms with van der Waals surface area (Å²) in [4.78, 5) is 37.9. The number of hydrogen-bond acceptors (Lipinski definition) is 6. The van der Waals surface area contributed by atoms with Gasteiger partial charge in [-0.25, -0.2) is 0 Å². The molecule has 0 spiro atoms. The second-order valence-corrected chi connectivity index (χ2v) is 20.2. The predicted molar refractivity (Wildman–Crippen MR) is 316 cm³/mol. The summed E-state index contributed by atoms with van der Waals surface area (Å²) >= 11 is 0. The van der Waals surface area contributed by atoms with E-state index < -0.39 is 6.10 Å². The van der Waals surface area contributed by atoms with E-state index in [-0.39, 0.29) is 31.1 Å². The van der Waals surface area contributed by atoms with E-state index in [2.05, 4.69) is 118 Å². The van der Waals surface area contributed by atoms with Crippen LogP contribution in [0.15, 0.2) is 97.2 Å². The van der Waals surface area contributed by atoms with Gasteiger partial charge in [0.15, 0.2) is 6.10 Å². The number of hydrogen-bond donors (Lipinski definition) is 0. The Kier molecular flexibility index (Phi) is 57.8. The average molecular weight is 1020 g/mol. The van der Waals surface area contributed by atoms with Gasteiger partial charge in [-0.1, -0.05) is 266 Å². The lowest BCUT2D eigenvalue weighted by molar-refractivity contribution is -0.167. The molecule has 1 atom stereocenters. The standard InChI is InChI=1S/C67H114O6/c1-4-7-10-13-15-17-19-21-23-25-27-29-30-31-32-33-34-35-36-38-39-41-43-45-47-49-51-54-57-60-66(69)72-63-64(62-71-65(68)59-56-53-12-9-6-3)73-67(70)61-58-55-52-50-48-46-44-42-40-37-28-26-24-22-20-18-16-14-11-8-5-2/h7,10,15,17,20-23,26-29,31-32,34-35,64H,4-6,8-9,11-14,16,18-19,24-25,30,33,36-63H2,1-3H3/b10-7-,17-15-,22-20-,23-21-,28-26-,29-27-,32-31-,35-34-. The molecule has 0 radical (unpaired) electrons. The Balaban J connectivity index is 4.08. The Labute approximate surface area is 451 Å². The quantitative estimate of drug-likeness (QED) is 0.0261. The minimum atomic E-state index is -0.778. The molecule has 0 aliphatic carbocycles. The Morgan fingerprint density at radius 2 is 0.534 bits per heavy atom. The van der Waals surface area contributed by atoms with Crippen molar-refractivity contribution < 1.29 is 28.6 Å². The van der Waals surface area contributed by atoms with Gasteiger partial charge >= 0.3 is 17.9 Å². The molecule has 0 heterocycles. The highest BCUT2D eigenvalue weighted by molar-refractivity contribution is 5.71. The molecular formula is C67H114O6. The molecule has 0 aliphatic rings. The van der Waals surface area contributed by atoms with Crippen LogP contribution in [0.2, 0.25) is 0 Å². The lowest BCUT2D eigenvalue weighted by Crippen LogP contribution is -2.30. The van der Waals surface area contributed by atoms with Gasteiger partial charge in [0.2, 0.25) is 0 Å². The molecule has 418 valence electrons. The molecule has 0 aliphatic heterocycles. The Hall–Kier alpha value is -3.67. The molecule has 0 rings (SSSR count). The highest BCUT2D eigenvalue weighted by atomic mass is 16.6. The van der Waals surface area contributed by atoms with E-state index in [1.165, 1.54) is 141 Å². The Morgan fingerprint density at radius 1 is 0.288 bits per heavy atom. The van der Waals surface area contributed by atoms with Crippen molar-refractivity contribution in [2.24, 2.45) is 0 Å². The van der Waals surface area contributed by atoms with Crippen molar-refractivity contribution in [2.45, 2.75) is 297 Å². The first kappa shape index (κ1) is 69.3. The normalized spacial score (nSPS) is 12.8. The van der Waals surface area contributed by atoms with Gasteiger partial charge in [-0.15, -0.1) is 0 Å². The summed E-state index contributed by atoms with van der Waals surface area (Å²) in [6, 6.07) is 0. The van der Waals surface area contributed by atoms with Gasteiger partial charge in [0, 0.05) is 19.3 Å². The summed E-state index contributed by atoms with van der Waals surface area (Å²) in [6.45, 7) is 6.44. The fourth-order valence-electron chi connectivity index (χ4n) is 8.48. The zero-order valence-electron chi connectivity index (χ0n) is 47.9. The largest absolute Gasteiger partial charge is 0.462 e. The van der Waals surface area contributed by atoms with Crippen LogP contribution >= 0.6 is 0 Å². The molecule has 0 aromatic heterocycles. The van der Waals surface area contributed by atoms with E-state index >= 15 is 0 Å². The van der Waals surface area contributed by atoms with Gasteiger partial charge in [-0.05, 0) is 103 Å². The molecule has 0 bridgehead atoms. The van der Waals surface area contributed by atoms with Gasteiger partial charge in [0.25, 0.3) is 0 Å². The lowest BCUT2D eigenvalue weighted by atomic mass is 10.1. The topological polar surface area (TPSA) is 78.9 Å². The van der Waals surface area contributed by atoms with Crippen LogP contribution in [-0.4, -0.2) is 37.2 Å². The number of allylic oxidation sites excluding steroid dienone is 16. The average Bonchev–Trinajstić information content (AvgIpc) is 3.39. The molecule has 0 N–H and O–H groups in total. The molecule has 0 fully saturated rings. The zero-order valence-corrected chi connectivity index (χ0v) is 47.9. The fraction of sp³-hybridized carbons (Fsp3) is 0.716. The summed E-state index contributed by atoms with van der Waals surface area (Å²) in [5.41, 5.74) is 0. The maximum atomic E-state index is 12.8. The molecular weight excluding hydrogens is 901 g/mol. The highest BCUT2D eigenvalue weighted by Crippen LogP contribution is 2.15. The van der Waals surface area contributed by atoms with E-state index in [0.717, 1.165) is 109 Å². The lowest BCUT2D eigenvalue weighted by Gasteiger charge is -2.18. The maximum Gasteiger partial charge on any atom is 0.306 e. The van der Waals surface area contributed by atoms with Crippen LogP contribution in [0, 0.1) is 0 Å². The van der Waals surface area contributed by atoms with Gasteiger partial charge in [0.1, 0.15) is 13.2 Å². The fourth-order valence-corrected chi connectivity index (χ4v) is 8.48. The molecule has 0 saturated heterocycles. The zero-order chi connectivity index (χ0) is 52.9. The molecule has 0 aromatic rings. The molecule has 73 heavy (non-hydrogen) atoms. The van der Waals surface area contributed by atoms with Crippen molar-refractivity contribution in [1.29, 1.82) is 0 Å². The van der Waals surface area contributed by atoms with Crippen molar-refractivity contribution in [3.05, 3.63) is 97.2 Å². The number of carbonyl (C=O) groups excluding carboxylic acids is 3. The molecule has 6 heteroatoms. The summed E-state index contributed by atoms with van der Waals surface area (Å²) in [7, 11) is 0. The second-order valence-electron chi connectivity index (χ2n) is 20.2. The smallest absolute Gasteiger partial charge is 0.306 e. The van der Waals surface area contributed by atoms with Crippen LogP contribution in [0.5, 0.6) is 0 Å². The molecule has 0 saturated carbocycles. The third-order valence-corrected chi connectivity index (χ3v) is 13.1. The van der Waals surface area contributed by atoms with Crippen molar-refractivity contribution in [2.75, 3.05) is 13.2 Å². The van der Waals surface area contributed by atoms with Gasteiger partial charge in [0.05, 0.1) is 0 Å². The highest BCUT2D eigenvalue weighted by Gasteiger charge is 2.19. The van der Waals surface area contributed by atoms with Crippen molar-refractivity contribution >= 4 is 17.9 Å². The van der Waals surface area contributed by atoms with Crippen molar-refractivity contribution in [1.82, 2.24) is 0 Å². The van der Waals surface area contributed by atoms with Crippen LogP contribution in [0.4, 0.5) is 0 Å². The number of unbranched alkanes of at least 4 members (excludes halogenated alkanes) is 28. The van der Waals surface area contributed by atoms with E-state index in [0.29, 0.717) is 19.3 Å². The number of esters is 3. The maximum absolute atomic E-state index is 12.8. The summed E-state index contributed by atoms with van der Waals surface area (Å²) in [6.07, 6.45) is 81.7. The van der Waals surface area contributed by atoms with Crippen LogP contribution in [0.1, 0.15) is 290 Å². The minimum Gasteiger partial charge on any atom is -0.462 e. The summed E-state index contributed by atoms with van der Waals surface area (Å²) in [5, 5.41) is 0. The van der Waals surface area contributed by atoms with Crippen molar-refractivity contribution in [3.63, 3.8) is 0 Å². The second kappa shape index (κ2) is 60.9. The van der Waals surface area contributed by atoms with Crippen LogP contribution in [0.25, 0.3) is 0 Å². The Morgan fingerprint density at radius 3 is 0.836 bits per heavy atom. The SMILES string of the molecule is CC/C=C\C/C=C\C/C=C\C/C=C\C/C=C\C/C=C\CCCCCCCCCCCCC(=O)OCC(COC(=O)CCCCCCC)OC(=O)CCCCCCCCCCC/C=C\C/C=C\CCCCCCC. The van der Waals surface area contributed by atoms with Gasteiger partial charge in [-0.3, -0.25) is 14.4 Å². The van der Waals surface area contributed by atoms with Gasteiger partial charge < -0.3 is 14.2 Å². The third kappa shape index (κ3) is 59.1. The summed E-state index contributed by atoms with van der Waals surface area (Å²) in [5.74, 6) is -0.897. The number of carbonyl (C=O) groups is 3. The van der Waals surface area contributed by atoms with Crippen LogP contribution in [0.3, 0.4) is 0 Å². The first-order valence-corrected chi connectivity index (χ1v) is 30.7. The minimum absolute atomic E-state index is 0.0801. The number of ether oxygens (including phenoxy) is 3. The first-order chi connectivity index (χ1) is 36.0. The van der Waals surface area contributed by atoms with Crippen LogP contribution < -0.4 is 0 Å². The molecule has 0 aromatic carbocycles. The number of rotatable bonds is 55. The Bertz CT molecular complexity index is 1440.